The van der Waals surface area contributed by atoms with Gasteiger partial charge in [-0.05, 0) is 25.7 Å². The maximum atomic E-state index is 11.5. The fourth-order valence-electron chi connectivity index (χ4n) is 1.43. The molecule has 0 bridgehead atoms. The zero-order valence-electron chi connectivity index (χ0n) is 9.40. The molecule has 16 heavy (non-hydrogen) atoms. The van der Waals surface area contributed by atoms with Crippen molar-refractivity contribution >= 4 is 17.2 Å². The molecule has 4 nitrogen and oxygen atoms in total. The Kier molecular flexibility index (Phi) is 3.90. The SMILES string of the molecule is CC(NCC(=O)NCC1CC1)c1cscn1. The number of amides is 1. The molecule has 1 amide bonds. The van der Waals surface area contributed by atoms with Crippen molar-refractivity contribution in [3.8, 4) is 0 Å². The van der Waals surface area contributed by atoms with Gasteiger partial charge in [-0.1, -0.05) is 0 Å². The largest absolute Gasteiger partial charge is 0.355 e. The topological polar surface area (TPSA) is 54.0 Å². The summed E-state index contributed by atoms with van der Waals surface area (Å²) in [6, 6.07) is 0.137. The number of nitrogens with one attached hydrogen (secondary N) is 2. The summed E-state index contributed by atoms with van der Waals surface area (Å²) in [4.78, 5) is 15.7. The van der Waals surface area contributed by atoms with Crippen molar-refractivity contribution < 1.29 is 4.79 Å². The molecule has 1 heterocycles. The molecule has 0 radical (unpaired) electrons. The third kappa shape index (κ3) is 3.57. The molecule has 0 spiro atoms. The molecule has 1 unspecified atom stereocenters. The lowest BCUT2D eigenvalue weighted by atomic mass is 10.2. The summed E-state index contributed by atoms with van der Waals surface area (Å²) in [5.41, 5.74) is 2.81. The Morgan fingerprint density at radius 2 is 2.50 bits per heavy atom. The molecule has 1 atom stereocenters. The highest BCUT2D eigenvalue weighted by molar-refractivity contribution is 7.07. The molecule has 1 aliphatic carbocycles. The Morgan fingerprint density at radius 1 is 1.69 bits per heavy atom. The number of carbonyl (C=O) groups excluding carboxylic acids is 1. The molecule has 1 saturated carbocycles. The van der Waals surface area contributed by atoms with Gasteiger partial charge in [-0.3, -0.25) is 4.79 Å². The minimum atomic E-state index is 0.0778. The van der Waals surface area contributed by atoms with Crippen LogP contribution in [0.5, 0.6) is 0 Å². The van der Waals surface area contributed by atoms with Crippen molar-refractivity contribution in [1.29, 1.82) is 0 Å². The average Bonchev–Trinajstić information content (AvgIpc) is 2.95. The Labute approximate surface area is 99.5 Å². The van der Waals surface area contributed by atoms with Crippen molar-refractivity contribution in [2.24, 2.45) is 5.92 Å². The number of rotatable bonds is 6. The van der Waals surface area contributed by atoms with Crippen LogP contribution >= 0.6 is 11.3 Å². The first kappa shape index (κ1) is 11.5. The van der Waals surface area contributed by atoms with Gasteiger partial charge in [0.25, 0.3) is 0 Å². The number of thiazole rings is 1. The first-order valence-corrected chi connectivity index (χ1v) is 6.58. The number of nitrogens with zero attached hydrogens (tertiary/aromatic N) is 1. The van der Waals surface area contributed by atoms with E-state index in [-0.39, 0.29) is 11.9 Å². The van der Waals surface area contributed by atoms with Crippen molar-refractivity contribution in [2.75, 3.05) is 13.1 Å². The van der Waals surface area contributed by atoms with Gasteiger partial charge < -0.3 is 10.6 Å². The highest BCUT2D eigenvalue weighted by Crippen LogP contribution is 2.27. The van der Waals surface area contributed by atoms with E-state index in [0.29, 0.717) is 6.54 Å². The van der Waals surface area contributed by atoms with Crippen LogP contribution in [-0.4, -0.2) is 24.0 Å². The molecule has 1 aliphatic rings. The maximum absolute atomic E-state index is 11.5. The van der Waals surface area contributed by atoms with Crippen LogP contribution in [0.1, 0.15) is 31.5 Å². The Balaban J connectivity index is 1.64. The quantitative estimate of drug-likeness (QED) is 0.787. The molecule has 5 heteroatoms. The minimum Gasteiger partial charge on any atom is -0.355 e. The van der Waals surface area contributed by atoms with Crippen LogP contribution in [0.15, 0.2) is 10.9 Å². The van der Waals surface area contributed by atoms with Crippen molar-refractivity contribution in [3.05, 3.63) is 16.6 Å². The lowest BCUT2D eigenvalue weighted by Gasteiger charge is -2.11. The molecule has 2 rings (SSSR count). The highest BCUT2D eigenvalue weighted by Gasteiger charge is 2.21. The van der Waals surface area contributed by atoms with E-state index >= 15 is 0 Å². The van der Waals surface area contributed by atoms with E-state index in [4.69, 9.17) is 0 Å². The number of carbonyl (C=O) groups is 1. The molecule has 0 saturated heterocycles. The van der Waals surface area contributed by atoms with Crippen LogP contribution in [0.3, 0.4) is 0 Å². The fraction of sp³-hybridized carbons (Fsp3) is 0.636. The second kappa shape index (κ2) is 5.41. The third-order valence-corrected chi connectivity index (χ3v) is 3.35. The van der Waals surface area contributed by atoms with E-state index in [0.717, 1.165) is 18.2 Å². The number of aromatic nitrogens is 1. The van der Waals surface area contributed by atoms with Gasteiger partial charge in [0.2, 0.25) is 5.91 Å². The molecule has 1 fully saturated rings. The van der Waals surface area contributed by atoms with Gasteiger partial charge in [-0.25, -0.2) is 4.98 Å². The smallest absolute Gasteiger partial charge is 0.233 e. The third-order valence-electron chi connectivity index (χ3n) is 2.75. The summed E-state index contributed by atoms with van der Waals surface area (Å²) in [6.07, 6.45) is 2.53. The molecule has 0 aliphatic heterocycles. The van der Waals surface area contributed by atoms with Gasteiger partial charge in [-0.2, -0.15) is 0 Å². The van der Waals surface area contributed by atoms with E-state index in [1.54, 1.807) is 16.8 Å². The lowest BCUT2D eigenvalue weighted by Crippen LogP contribution is -2.36. The minimum absolute atomic E-state index is 0.0778. The molecule has 88 valence electrons. The first-order valence-electron chi connectivity index (χ1n) is 5.64. The van der Waals surface area contributed by atoms with Crippen molar-refractivity contribution in [2.45, 2.75) is 25.8 Å². The van der Waals surface area contributed by atoms with Crippen LogP contribution in [0, 0.1) is 5.92 Å². The molecular formula is C11H17N3OS. The van der Waals surface area contributed by atoms with Gasteiger partial charge in [0, 0.05) is 18.0 Å². The van der Waals surface area contributed by atoms with Crippen molar-refractivity contribution in [3.63, 3.8) is 0 Å². The fourth-order valence-corrected chi connectivity index (χ4v) is 2.08. The number of hydrogen-bond acceptors (Lipinski definition) is 4. The van der Waals surface area contributed by atoms with E-state index < -0.39 is 0 Å². The first-order chi connectivity index (χ1) is 7.75. The van der Waals surface area contributed by atoms with E-state index in [1.807, 2.05) is 12.3 Å². The lowest BCUT2D eigenvalue weighted by molar-refractivity contribution is -0.120. The van der Waals surface area contributed by atoms with Crippen molar-refractivity contribution in [1.82, 2.24) is 15.6 Å². The molecule has 0 aromatic carbocycles. The highest BCUT2D eigenvalue weighted by atomic mass is 32.1. The molecule has 2 N–H and O–H groups in total. The molecule has 1 aromatic heterocycles. The Bertz CT molecular complexity index is 335. The zero-order valence-corrected chi connectivity index (χ0v) is 10.2. The Hall–Kier alpha value is -0.940. The van der Waals surface area contributed by atoms with Gasteiger partial charge >= 0.3 is 0 Å². The second-order valence-electron chi connectivity index (χ2n) is 4.26. The zero-order chi connectivity index (χ0) is 11.4. The van der Waals surface area contributed by atoms with Gasteiger partial charge in [0.05, 0.1) is 17.7 Å². The van der Waals surface area contributed by atoms with Gasteiger partial charge in [-0.15, -0.1) is 11.3 Å². The van der Waals surface area contributed by atoms with E-state index in [9.17, 15) is 4.79 Å². The van der Waals surface area contributed by atoms with E-state index in [2.05, 4.69) is 15.6 Å². The van der Waals surface area contributed by atoms with Crippen LogP contribution in [-0.2, 0) is 4.79 Å². The summed E-state index contributed by atoms with van der Waals surface area (Å²) in [6.45, 7) is 3.22. The second-order valence-corrected chi connectivity index (χ2v) is 4.98. The summed E-state index contributed by atoms with van der Waals surface area (Å²) < 4.78 is 0. The summed E-state index contributed by atoms with van der Waals surface area (Å²) >= 11 is 1.57. The monoisotopic (exact) mass is 239 g/mol. The van der Waals surface area contributed by atoms with Crippen LogP contribution in [0.25, 0.3) is 0 Å². The normalized spacial score (nSPS) is 17.1. The Morgan fingerprint density at radius 3 is 3.12 bits per heavy atom. The summed E-state index contributed by atoms with van der Waals surface area (Å²) in [5.74, 6) is 0.814. The van der Waals surface area contributed by atoms with Crippen LogP contribution in [0.2, 0.25) is 0 Å². The summed E-state index contributed by atoms with van der Waals surface area (Å²) in [5, 5.41) is 8.09. The molecule has 1 aromatic rings. The van der Waals surface area contributed by atoms with Crippen LogP contribution < -0.4 is 10.6 Å². The predicted molar refractivity (Wildman–Crippen MR) is 64.3 cm³/mol. The van der Waals surface area contributed by atoms with E-state index in [1.165, 1.54) is 12.8 Å². The van der Waals surface area contributed by atoms with Crippen LogP contribution in [0.4, 0.5) is 0 Å². The standard InChI is InChI=1S/C11H17N3OS/c1-8(10-6-16-7-14-10)12-5-11(15)13-4-9-2-3-9/h6-9,12H,2-5H2,1H3,(H,13,15). The number of hydrogen-bond donors (Lipinski definition) is 2. The molecular weight excluding hydrogens is 222 g/mol. The average molecular weight is 239 g/mol. The van der Waals surface area contributed by atoms with Gasteiger partial charge in [0.15, 0.2) is 0 Å². The maximum Gasteiger partial charge on any atom is 0.233 e. The van der Waals surface area contributed by atoms with Gasteiger partial charge in [0.1, 0.15) is 0 Å². The summed E-state index contributed by atoms with van der Waals surface area (Å²) in [7, 11) is 0. The predicted octanol–water partition coefficient (Wildman–Crippen LogP) is 1.32.